The highest BCUT2D eigenvalue weighted by Gasteiger charge is 2.29. The predicted molar refractivity (Wildman–Crippen MR) is 115 cm³/mol. The number of aromatic nitrogens is 1. The third-order valence-electron chi connectivity index (χ3n) is 4.41. The minimum absolute atomic E-state index is 0.0180. The molecule has 1 heterocycles. The summed E-state index contributed by atoms with van der Waals surface area (Å²) in [6, 6.07) is 0.528. The van der Waals surface area contributed by atoms with Gasteiger partial charge in [0.2, 0.25) is 6.79 Å². The zero-order chi connectivity index (χ0) is 24.3. The van der Waals surface area contributed by atoms with Gasteiger partial charge >= 0.3 is 11.9 Å². The predicted octanol–water partition coefficient (Wildman–Crippen LogP) is 2.49. The van der Waals surface area contributed by atoms with Crippen LogP contribution in [0, 0.1) is 5.92 Å². The van der Waals surface area contributed by atoms with Gasteiger partial charge in [0.1, 0.15) is 12.1 Å². The van der Waals surface area contributed by atoms with E-state index < -0.39 is 36.8 Å². The molecule has 0 bridgehead atoms. The van der Waals surface area contributed by atoms with Crippen molar-refractivity contribution in [3.63, 3.8) is 0 Å². The van der Waals surface area contributed by atoms with E-state index in [1.54, 1.807) is 6.92 Å². The number of carbonyl (C=O) groups excluding carboxylic acids is 3. The largest absolute Gasteiger partial charge is 0.493 e. The molecule has 0 fully saturated rings. The van der Waals surface area contributed by atoms with Gasteiger partial charge in [-0.15, -0.1) is 0 Å². The molecule has 1 N–H and O–H groups in total. The van der Waals surface area contributed by atoms with E-state index in [1.807, 2.05) is 20.8 Å². The Morgan fingerprint density at radius 2 is 1.84 bits per heavy atom. The molecule has 32 heavy (non-hydrogen) atoms. The Morgan fingerprint density at radius 1 is 1.16 bits per heavy atom. The van der Waals surface area contributed by atoms with Crippen molar-refractivity contribution in [2.24, 2.45) is 5.92 Å². The van der Waals surface area contributed by atoms with E-state index in [1.165, 1.54) is 33.2 Å². The fraction of sp³-hybridized carbons (Fsp3) is 0.636. The maximum atomic E-state index is 12.8. The molecule has 0 aliphatic rings. The lowest BCUT2D eigenvalue weighted by atomic mass is 10.0. The van der Waals surface area contributed by atoms with Crippen molar-refractivity contribution in [3.05, 3.63) is 18.0 Å². The van der Waals surface area contributed by atoms with Crippen molar-refractivity contribution in [1.29, 1.82) is 0 Å². The molecule has 3 atom stereocenters. The second kappa shape index (κ2) is 13.5. The summed E-state index contributed by atoms with van der Waals surface area (Å²) in [7, 11) is 1.39. The zero-order valence-electron chi connectivity index (χ0n) is 19.8. The van der Waals surface area contributed by atoms with Gasteiger partial charge in [0.05, 0.1) is 13.2 Å². The van der Waals surface area contributed by atoms with Crippen LogP contribution in [0.4, 0.5) is 0 Å². The number of rotatable bonds is 13. The maximum Gasteiger partial charge on any atom is 0.328 e. The monoisotopic (exact) mass is 454 g/mol. The van der Waals surface area contributed by atoms with Crippen LogP contribution in [0.2, 0.25) is 0 Å². The zero-order valence-corrected chi connectivity index (χ0v) is 19.8. The number of nitrogens with zero attached hydrogens (tertiary/aromatic N) is 1. The van der Waals surface area contributed by atoms with Crippen LogP contribution in [0.5, 0.6) is 11.5 Å². The highest BCUT2D eigenvalue weighted by Crippen LogP contribution is 2.29. The maximum absolute atomic E-state index is 12.8. The SMILES string of the molecule is CCCO[C@@H](C(C)C)[C@H](C)OC(=O)[C@H](C)NC(=O)c1nccc(OC)c1OCOC(C)=O. The number of carbonyl (C=O) groups is 3. The first-order chi connectivity index (χ1) is 15.1. The number of hydrogen-bond donors (Lipinski definition) is 1. The van der Waals surface area contributed by atoms with Gasteiger partial charge in [-0.25, -0.2) is 9.78 Å². The van der Waals surface area contributed by atoms with Gasteiger partial charge in [0.25, 0.3) is 5.91 Å². The molecule has 1 aromatic rings. The third-order valence-corrected chi connectivity index (χ3v) is 4.41. The van der Waals surface area contributed by atoms with Gasteiger partial charge in [-0.3, -0.25) is 9.59 Å². The molecule has 0 spiro atoms. The number of amides is 1. The van der Waals surface area contributed by atoms with Gasteiger partial charge in [0, 0.05) is 25.8 Å². The molecule has 10 nitrogen and oxygen atoms in total. The van der Waals surface area contributed by atoms with Crippen LogP contribution in [0.1, 0.15) is 58.5 Å². The van der Waals surface area contributed by atoms with Crippen molar-refractivity contribution >= 4 is 17.8 Å². The average molecular weight is 455 g/mol. The summed E-state index contributed by atoms with van der Waals surface area (Å²) in [6.45, 7) is 10.6. The average Bonchev–Trinajstić information content (AvgIpc) is 2.73. The lowest BCUT2D eigenvalue weighted by molar-refractivity contribution is -0.160. The minimum Gasteiger partial charge on any atom is -0.493 e. The first-order valence-corrected chi connectivity index (χ1v) is 10.5. The summed E-state index contributed by atoms with van der Waals surface area (Å²) in [6.07, 6.45) is 1.45. The Bertz CT molecular complexity index is 768. The summed E-state index contributed by atoms with van der Waals surface area (Å²) in [5.41, 5.74) is -0.129. The topological polar surface area (TPSA) is 122 Å². The Labute approximate surface area is 188 Å². The summed E-state index contributed by atoms with van der Waals surface area (Å²) in [4.78, 5) is 40.3. The number of methoxy groups -OCH3 is 1. The first-order valence-electron chi connectivity index (χ1n) is 10.5. The van der Waals surface area contributed by atoms with Gasteiger partial charge in [-0.2, -0.15) is 0 Å². The quantitative estimate of drug-likeness (QED) is 0.354. The molecular formula is C22H34N2O8. The molecule has 0 aliphatic heterocycles. The van der Waals surface area contributed by atoms with Crippen molar-refractivity contribution in [2.45, 2.75) is 66.2 Å². The van der Waals surface area contributed by atoms with Gasteiger partial charge in [-0.05, 0) is 26.2 Å². The molecule has 180 valence electrons. The van der Waals surface area contributed by atoms with Crippen LogP contribution in [-0.2, 0) is 23.8 Å². The van der Waals surface area contributed by atoms with Gasteiger partial charge in [-0.1, -0.05) is 20.8 Å². The van der Waals surface area contributed by atoms with E-state index in [2.05, 4.69) is 10.3 Å². The van der Waals surface area contributed by atoms with E-state index in [0.29, 0.717) is 6.61 Å². The molecule has 1 aromatic heterocycles. The summed E-state index contributed by atoms with van der Waals surface area (Å²) in [5.74, 6) is -1.49. The van der Waals surface area contributed by atoms with Crippen molar-refractivity contribution in [1.82, 2.24) is 10.3 Å². The minimum atomic E-state index is -0.960. The Kier molecular flexibility index (Phi) is 11.5. The van der Waals surface area contributed by atoms with Crippen LogP contribution in [0.3, 0.4) is 0 Å². The standard InChI is InChI=1S/C22H34N2O8/c1-8-11-29-19(13(2)3)15(5)32-22(27)14(4)24-21(26)18-20(31-12-30-16(6)25)17(28-7)9-10-23-18/h9-10,13-15,19H,8,11-12H2,1-7H3,(H,24,26)/t14-,15-,19-/m0/s1. The molecule has 0 radical (unpaired) electrons. The van der Waals surface area contributed by atoms with Crippen molar-refractivity contribution in [2.75, 3.05) is 20.5 Å². The van der Waals surface area contributed by atoms with Gasteiger partial charge < -0.3 is 29.0 Å². The van der Waals surface area contributed by atoms with Crippen molar-refractivity contribution < 1.29 is 38.1 Å². The highest BCUT2D eigenvalue weighted by molar-refractivity contribution is 5.98. The second-order valence-corrected chi connectivity index (χ2v) is 7.51. The van der Waals surface area contributed by atoms with E-state index in [4.69, 9.17) is 23.7 Å². The van der Waals surface area contributed by atoms with Crippen LogP contribution in [-0.4, -0.2) is 61.6 Å². The molecular weight excluding hydrogens is 420 g/mol. The molecule has 1 amide bonds. The first kappa shape index (κ1) is 27.2. The molecule has 0 saturated carbocycles. The fourth-order valence-corrected chi connectivity index (χ4v) is 2.86. The normalized spacial score (nSPS) is 13.6. The fourth-order valence-electron chi connectivity index (χ4n) is 2.86. The molecule has 0 aliphatic carbocycles. The van der Waals surface area contributed by atoms with Crippen LogP contribution in [0.15, 0.2) is 12.3 Å². The van der Waals surface area contributed by atoms with E-state index in [-0.39, 0.29) is 29.2 Å². The Balaban J connectivity index is 2.86. The highest BCUT2D eigenvalue weighted by atomic mass is 16.7. The molecule has 10 heteroatoms. The summed E-state index contributed by atoms with van der Waals surface area (Å²) in [5, 5.41) is 2.54. The van der Waals surface area contributed by atoms with E-state index >= 15 is 0 Å². The number of ether oxygens (including phenoxy) is 5. The lowest BCUT2D eigenvalue weighted by Crippen LogP contribution is -2.44. The summed E-state index contributed by atoms with van der Waals surface area (Å²) >= 11 is 0. The number of esters is 2. The van der Waals surface area contributed by atoms with Crippen LogP contribution >= 0.6 is 0 Å². The van der Waals surface area contributed by atoms with Crippen LogP contribution in [0.25, 0.3) is 0 Å². The number of nitrogens with one attached hydrogen (secondary N) is 1. The molecule has 0 unspecified atom stereocenters. The Hall–Kier alpha value is -2.88. The number of hydrogen-bond acceptors (Lipinski definition) is 9. The van der Waals surface area contributed by atoms with E-state index in [9.17, 15) is 14.4 Å². The molecule has 1 rings (SSSR count). The lowest BCUT2D eigenvalue weighted by Gasteiger charge is -2.28. The molecule has 0 saturated heterocycles. The number of pyridine rings is 1. The van der Waals surface area contributed by atoms with Crippen molar-refractivity contribution in [3.8, 4) is 11.5 Å². The third kappa shape index (κ3) is 8.33. The van der Waals surface area contributed by atoms with E-state index in [0.717, 1.165) is 6.42 Å². The van der Waals surface area contributed by atoms with Gasteiger partial charge in [0.15, 0.2) is 17.2 Å². The summed E-state index contributed by atoms with van der Waals surface area (Å²) < 4.78 is 26.6. The van der Waals surface area contributed by atoms with Crippen LogP contribution < -0.4 is 14.8 Å². The Morgan fingerprint density at radius 3 is 2.41 bits per heavy atom. The second-order valence-electron chi connectivity index (χ2n) is 7.51. The molecule has 0 aromatic carbocycles. The smallest absolute Gasteiger partial charge is 0.328 e.